The van der Waals surface area contributed by atoms with Crippen molar-refractivity contribution >= 4 is 22.4 Å². The van der Waals surface area contributed by atoms with Crippen molar-refractivity contribution in [1.82, 2.24) is 4.90 Å². The largest absolute Gasteiger partial charge is 0.496 e. The van der Waals surface area contributed by atoms with E-state index in [4.69, 9.17) is 4.74 Å². The lowest BCUT2D eigenvalue weighted by atomic mass is 10.1. The number of nitrogens with zero attached hydrogens (tertiary/aromatic N) is 2. The fourth-order valence-electron chi connectivity index (χ4n) is 3.01. The lowest BCUT2D eigenvalue weighted by Gasteiger charge is -2.24. The van der Waals surface area contributed by atoms with Crippen molar-refractivity contribution in [3.8, 4) is 5.75 Å². The van der Waals surface area contributed by atoms with E-state index in [1.165, 1.54) is 10.8 Å². The minimum atomic E-state index is 0.0616. The van der Waals surface area contributed by atoms with Crippen LogP contribution in [-0.2, 0) is 11.3 Å². The van der Waals surface area contributed by atoms with Crippen molar-refractivity contribution in [2.24, 2.45) is 0 Å². The third-order valence-electron chi connectivity index (χ3n) is 4.57. The van der Waals surface area contributed by atoms with Crippen LogP contribution < -0.4 is 9.64 Å². The van der Waals surface area contributed by atoms with Gasteiger partial charge in [-0.05, 0) is 29.0 Å². The molecule has 0 aromatic heterocycles. The summed E-state index contributed by atoms with van der Waals surface area (Å²) in [6.07, 6.45) is 0. The number of hydrogen-bond donors (Lipinski definition) is 0. The Morgan fingerprint density at radius 2 is 1.62 bits per heavy atom. The molecule has 26 heavy (non-hydrogen) atoms. The second-order valence-electron chi connectivity index (χ2n) is 6.45. The Morgan fingerprint density at radius 1 is 0.923 bits per heavy atom. The quantitative estimate of drug-likeness (QED) is 0.676. The molecule has 0 saturated carbocycles. The van der Waals surface area contributed by atoms with Gasteiger partial charge in [-0.25, -0.2) is 0 Å². The van der Waals surface area contributed by atoms with Gasteiger partial charge in [0, 0.05) is 31.9 Å². The summed E-state index contributed by atoms with van der Waals surface area (Å²) in [7, 11) is 5.41. The van der Waals surface area contributed by atoms with E-state index in [0.29, 0.717) is 13.1 Å². The fourth-order valence-corrected chi connectivity index (χ4v) is 3.01. The molecule has 4 nitrogen and oxygen atoms in total. The first-order chi connectivity index (χ1) is 12.6. The zero-order chi connectivity index (χ0) is 18.5. The predicted molar refractivity (Wildman–Crippen MR) is 107 cm³/mol. The van der Waals surface area contributed by atoms with Gasteiger partial charge in [0.15, 0.2) is 0 Å². The third-order valence-corrected chi connectivity index (χ3v) is 4.57. The number of para-hydroxylation sites is 1. The highest BCUT2D eigenvalue weighted by Crippen LogP contribution is 2.22. The topological polar surface area (TPSA) is 32.8 Å². The molecule has 0 N–H and O–H groups in total. The zero-order valence-corrected chi connectivity index (χ0v) is 15.5. The number of fused-ring (bicyclic) bond motifs is 1. The minimum absolute atomic E-state index is 0.0616. The van der Waals surface area contributed by atoms with Gasteiger partial charge in [-0.15, -0.1) is 0 Å². The highest BCUT2D eigenvalue weighted by atomic mass is 16.5. The summed E-state index contributed by atoms with van der Waals surface area (Å²) >= 11 is 0. The standard InChI is InChI=1S/C22H24N2O2/c1-23(20-13-12-17-8-4-5-9-18(17)14-20)16-22(25)24(2)15-19-10-6-7-11-21(19)26-3/h4-14H,15-16H2,1-3H3. The van der Waals surface area contributed by atoms with Crippen molar-refractivity contribution in [2.75, 3.05) is 32.6 Å². The van der Waals surface area contributed by atoms with Crippen molar-refractivity contribution < 1.29 is 9.53 Å². The molecule has 0 aliphatic rings. The molecule has 0 bridgehead atoms. The summed E-state index contributed by atoms with van der Waals surface area (Å²) in [5.74, 6) is 0.863. The summed E-state index contributed by atoms with van der Waals surface area (Å²) in [6, 6.07) is 22.3. The Morgan fingerprint density at radius 3 is 2.38 bits per heavy atom. The van der Waals surface area contributed by atoms with Crippen LogP contribution in [0.3, 0.4) is 0 Å². The lowest BCUT2D eigenvalue weighted by Crippen LogP contribution is -2.36. The number of benzene rings is 3. The Labute approximate surface area is 154 Å². The summed E-state index contributed by atoms with van der Waals surface area (Å²) in [4.78, 5) is 16.3. The van der Waals surface area contributed by atoms with Gasteiger partial charge in [-0.1, -0.05) is 48.5 Å². The monoisotopic (exact) mass is 348 g/mol. The molecular formula is C22H24N2O2. The van der Waals surface area contributed by atoms with Crippen LogP contribution in [-0.4, -0.2) is 38.6 Å². The summed E-state index contributed by atoms with van der Waals surface area (Å²) < 4.78 is 5.37. The highest BCUT2D eigenvalue weighted by molar-refractivity contribution is 5.87. The van der Waals surface area contributed by atoms with Gasteiger partial charge < -0.3 is 14.5 Å². The van der Waals surface area contributed by atoms with Gasteiger partial charge in [0.2, 0.25) is 5.91 Å². The van der Waals surface area contributed by atoms with Crippen LogP contribution in [0.15, 0.2) is 66.7 Å². The first kappa shape index (κ1) is 17.8. The molecule has 0 aliphatic heterocycles. The molecule has 0 fully saturated rings. The van der Waals surface area contributed by atoms with E-state index in [1.54, 1.807) is 12.0 Å². The molecule has 0 heterocycles. The van der Waals surface area contributed by atoms with Crippen molar-refractivity contribution in [3.63, 3.8) is 0 Å². The molecule has 0 radical (unpaired) electrons. The third kappa shape index (κ3) is 3.97. The molecule has 4 heteroatoms. The van der Waals surface area contributed by atoms with E-state index in [2.05, 4.69) is 30.3 Å². The van der Waals surface area contributed by atoms with Crippen LogP contribution in [0.4, 0.5) is 5.69 Å². The van der Waals surface area contributed by atoms with E-state index in [-0.39, 0.29) is 5.91 Å². The van der Waals surface area contributed by atoms with Crippen LogP contribution in [0.5, 0.6) is 5.75 Å². The number of anilines is 1. The average Bonchev–Trinajstić information content (AvgIpc) is 2.67. The number of ether oxygens (including phenoxy) is 1. The molecule has 0 unspecified atom stereocenters. The van der Waals surface area contributed by atoms with Gasteiger partial charge in [-0.3, -0.25) is 4.79 Å². The smallest absolute Gasteiger partial charge is 0.242 e. The van der Waals surface area contributed by atoms with E-state index >= 15 is 0 Å². The maximum Gasteiger partial charge on any atom is 0.242 e. The maximum absolute atomic E-state index is 12.6. The molecule has 1 amide bonds. The lowest BCUT2D eigenvalue weighted by molar-refractivity contribution is -0.128. The van der Waals surface area contributed by atoms with Gasteiger partial charge in [0.05, 0.1) is 13.7 Å². The van der Waals surface area contributed by atoms with Gasteiger partial charge in [0.1, 0.15) is 5.75 Å². The molecule has 134 valence electrons. The van der Waals surface area contributed by atoms with Crippen LogP contribution in [0.25, 0.3) is 10.8 Å². The number of rotatable bonds is 6. The Hall–Kier alpha value is -3.01. The highest BCUT2D eigenvalue weighted by Gasteiger charge is 2.14. The van der Waals surface area contributed by atoms with Crippen molar-refractivity contribution in [3.05, 3.63) is 72.3 Å². The van der Waals surface area contributed by atoms with Crippen LogP contribution in [0.1, 0.15) is 5.56 Å². The molecule has 0 saturated heterocycles. The molecule has 0 spiro atoms. The molecule has 0 atom stereocenters. The Bertz CT molecular complexity index is 907. The number of methoxy groups -OCH3 is 1. The van der Waals surface area contributed by atoms with E-state index < -0.39 is 0 Å². The first-order valence-electron chi connectivity index (χ1n) is 8.64. The number of likely N-dealkylation sites (N-methyl/N-ethyl adjacent to an activating group) is 2. The molecule has 0 aliphatic carbocycles. The second kappa shape index (κ2) is 7.91. The fraction of sp³-hybridized carbons (Fsp3) is 0.227. The number of carbonyl (C=O) groups excluding carboxylic acids is 1. The molecule has 3 rings (SSSR count). The summed E-state index contributed by atoms with van der Waals surface area (Å²) in [6.45, 7) is 0.846. The molecule has 3 aromatic carbocycles. The normalized spacial score (nSPS) is 10.6. The SMILES string of the molecule is COc1ccccc1CN(C)C(=O)CN(C)c1ccc2ccccc2c1. The minimum Gasteiger partial charge on any atom is -0.496 e. The first-order valence-corrected chi connectivity index (χ1v) is 8.64. The van der Waals surface area contributed by atoms with Gasteiger partial charge in [0.25, 0.3) is 0 Å². The van der Waals surface area contributed by atoms with Crippen molar-refractivity contribution in [1.29, 1.82) is 0 Å². The average molecular weight is 348 g/mol. The van der Waals surface area contributed by atoms with Crippen LogP contribution in [0, 0.1) is 0 Å². The van der Waals surface area contributed by atoms with Gasteiger partial charge in [-0.2, -0.15) is 0 Å². The Balaban J connectivity index is 1.67. The number of amides is 1. The summed E-state index contributed by atoms with van der Waals surface area (Å²) in [5.41, 5.74) is 2.03. The second-order valence-corrected chi connectivity index (χ2v) is 6.45. The van der Waals surface area contributed by atoms with E-state index in [0.717, 1.165) is 17.0 Å². The predicted octanol–water partition coefficient (Wildman–Crippen LogP) is 3.94. The zero-order valence-electron chi connectivity index (χ0n) is 15.5. The molecular weight excluding hydrogens is 324 g/mol. The number of hydrogen-bond acceptors (Lipinski definition) is 3. The maximum atomic E-state index is 12.6. The Kier molecular flexibility index (Phi) is 5.42. The van der Waals surface area contributed by atoms with Crippen molar-refractivity contribution in [2.45, 2.75) is 6.54 Å². The van der Waals surface area contributed by atoms with Crippen LogP contribution >= 0.6 is 0 Å². The van der Waals surface area contributed by atoms with Gasteiger partial charge >= 0.3 is 0 Å². The number of carbonyl (C=O) groups is 1. The van der Waals surface area contributed by atoms with E-state index in [9.17, 15) is 4.79 Å². The molecule has 3 aromatic rings. The van der Waals surface area contributed by atoms with E-state index in [1.807, 2.05) is 55.4 Å². The van der Waals surface area contributed by atoms with Crippen LogP contribution in [0.2, 0.25) is 0 Å². The summed E-state index contributed by atoms with van der Waals surface area (Å²) in [5, 5.41) is 2.37.